The number of nitrogens with two attached hydrogens (primary N) is 3. The Morgan fingerprint density at radius 2 is 1.20 bits per heavy atom. The van der Waals surface area contributed by atoms with E-state index in [0.717, 1.165) is 0 Å². The maximum absolute atomic E-state index is 5.04. The monoisotopic (exact) mass is 210 g/mol. The Balaban J connectivity index is 3.02. The molecular formula is H7N3PTe+. The Kier molecular flexibility index (Phi) is 2.07. The minimum atomic E-state index is -1.84. The average Bonchev–Trinajstić information content (AvgIpc) is 0.722. The Morgan fingerprint density at radius 3 is 1.20 bits per heavy atom. The second kappa shape index (κ2) is 1.70. The average molecular weight is 208 g/mol. The molecule has 0 aliphatic rings. The second-order valence-corrected chi connectivity index (χ2v) is 8.31. The quantitative estimate of drug-likeness (QED) is 0.332. The van der Waals surface area contributed by atoms with E-state index >= 15 is 0 Å². The van der Waals surface area contributed by atoms with Gasteiger partial charge in [-0.3, -0.25) is 0 Å². The molecular weight excluding hydrogens is 201 g/mol. The number of rotatable bonds is 0. The van der Waals surface area contributed by atoms with Crippen molar-refractivity contribution in [2.75, 3.05) is 0 Å². The normalized spacial score (nSPS) is 12.0. The molecule has 0 aromatic carbocycles. The van der Waals surface area contributed by atoms with Crippen molar-refractivity contribution in [3.05, 3.63) is 0 Å². The Hall–Kier alpha value is 1.10. The molecule has 0 atom stereocenters. The van der Waals surface area contributed by atoms with E-state index in [1.165, 1.54) is 21.7 Å². The van der Waals surface area contributed by atoms with Crippen molar-refractivity contribution in [1.82, 2.24) is 0 Å². The fourth-order valence-corrected chi connectivity index (χ4v) is 0. The van der Waals surface area contributed by atoms with Crippen LogP contribution in [0.1, 0.15) is 0 Å². The van der Waals surface area contributed by atoms with Gasteiger partial charge in [0.1, 0.15) is 0 Å². The van der Waals surface area contributed by atoms with Crippen LogP contribution in [0.3, 0.4) is 0 Å². The molecule has 0 spiro atoms. The van der Waals surface area contributed by atoms with Crippen LogP contribution in [-0.4, -0.2) is 21.7 Å². The molecule has 0 fully saturated rings. The third-order valence-electron chi connectivity index (χ3n) is 0. The van der Waals surface area contributed by atoms with Crippen molar-refractivity contribution in [2.24, 2.45) is 16.5 Å². The van der Waals surface area contributed by atoms with Crippen LogP contribution in [0.25, 0.3) is 0 Å². The van der Waals surface area contributed by atoms with Gasteiger partial charge in [0.25, 0.3) is 0 Å². The zero-order chi connectivity index (χ0) is 4.50. The second-order valence-electron chi connectivity index (χ2n) is 0.794. The summed E-state index contributed by atoms with van der Waals surface area (Å²) >= 11 is 1.32. The van der Waals surface area contributed by atoms with Crippen LogP contribution in [0.2, 0.25) is 0 Å². The van der Waals surface area contributed by atoms with E-state index < -0.39 is 5.41 Å². The van der Waals surface area contributed by atoms with Gasteiger partial charge < -0.3 is 0 Å². The van der Waals surface area contributed by atoms with E-state index in [0.29, 0.717) is 0 Å². The summed E-state index contributed by atoms with van der Waals surface area (Å²) in [6, 6.07) is 0. The van der Waals surface area contributed by atoms with Gasteiger partial charge in [-0.25, -0.2) is 0 Å². The molecule has 6 N–H and O–H groups in total. The molecule has 0 amide bonds. The molecule has 0 saturated carbocycles. The molecule has 0 rings (SSSR count). The van der Waals surface area contributed by atoms with Crippen LogP contribution in [0.4, 0.5) is 0 Å². The molecule has 0 saturated heterocycles. The first-order chi connectivity index (χ1) is 2.00. The molecule has 0 aliphatic carbocycles. The predicted molar refractivity (Wildman–Crippen MR) is 26.6 cm³/mol. The summed E-state index contributed by atoms with van der Waals surface area (Å²) in [5.74, 6) is 0. The van der Waals surface area contributed by atoms with Crippen LogP contribution in [0.5, 0.6) is 0 Å². The molecule has 5 heavy (non-hydrogen) atoms. The van der Waals surface area contributed by atoms with E-state index in [9.17, 15) is 0 Å². The third-order valence-corrected chi connectivity index (χ3v) is 0. The predicted octanol–water partition coefficient (Wildman–Crippen LogP) is -1.56. The zero-order valence-corrected chi connectivity index (χ0v) is 6.07. The Labute approximate surface area is 44.0 Å². The van der Waals surface area contributed by atoms with Crippen LogP contribution >= 0.6 is 5.41 Å². The fourth-order valence-electron chi connectivity index (χ4n) is 0. The van der Waals surface area contributed by atoms with Gasteiger partial charge in [-0.1, -0.05) is 0 Å². The summed E-state index contributed by atoms with van der Waals surface area (Å²) < 4.78 is 0. The molecule has 0 heterocycles. The van der Waals surface area contributed by atoms with Gasteiger partial charge in [0.15, 0.2) is 0 Å². The topological polar surface area (TPSA) is 78.1 Å². The van der Waals surface area contributed by atoms with Crippen molar-refractivity contribution in [1.29, 1.82) is 0 Å². The van der Waals surface area contributed by atoms with Crippen LogP contribution < -0.4 is 16.5 Å². The number of hydrogen-bond donors (Lipinski definition) is 3. The van der Waals surface area contributed by atoms with E-state index in [2.05, 4.69) is 0 Å². The van der Waals surface area contributed by atoms with Gasteiger partial charge in [0.05, 0.1) is 0 Å². The summed E-state index contributed by atoms with van der Waals surface area (Å²) in [6.07, 6.45) is 0. The van der Waals surface area contributed by atoms with Crippen LogP contribution in [-0.2, 0) is 0 Å². The molecule has 0 unspecified atom stereocenters. The van der Waals surface area contributed by atoms with Gasteiger partial charge >= 0.3 is 43.7 Å². The van der Waals surface area contributed by atoms with Crippen molar-refractivity contribution < 1.29 is 0 Å². The summed E-state index contributed by atoms with van der Waals surface area (Å²) in [5, 5.41) is -1.84. The van der Waals surface area contributed by atoms with Crippen LogP contribution in [0.15, 0.2) is 0 Å². The minimum absolute atomic E-state index is 1.32. The van der Waals surface area contributed by atoms with Crippen molar-refractivity contribution in [3.63, 3.8) is 0 Å². The molecule has 5 heteroatoms. The molecule has 0 aromatic rings. The molecule has 0 bridgehead atoms. The summed E-state index contributed by atoms with van der Waals surface area (Å²) in [4.78, 5) is 0. The zero-order valence-electron chi connectivity index (χ0n) is 2.63. The standard InChI is InChI=1S/H7N3PTe/c1-4(2,3)5/h5H,1-3H2/q+1. The van der Waals surface area contributed by atoms with Gasteiger partial charge in [0, 0.05) is 0 Å². The molecule has 32 valence electrons. The number of hydrogen-bond acceptors (Lipinski definition) is 3. The fraction of sp³-hybridized carbons (Fsp3) is 0. The first-order valence-corrected chi connectivity index (χ1v) is 6.35. The maximum atomic E-state index is 5.04. The summed E-state index contributed by atoms with van der Waals surface area (Å²) in [6.45, 7) is 0. The van der Waals surface area contributed by atoms with Crippen LogP contribution in [0, 0.1) is 0 Å². The molecule has 0 aliphatic heterocycles. The molecule has 0 aromatic heterocycles. The van der Waals surface area contributed by atoms with Crippen molar-refractivity contribution in [3.8, 4) is 0 Å². The van der Waals surface area contributed by atoms with Gasteiger partial charge in [-0.15, -0.1) is 0 Å². The van der Waals surface area contributed by atoms with E-state index in [1.54, 1.807) is 0 Å². The van der Waals surface area contributed by atoms with E-state index in [1.807, 2.05) is 0 Å². The molecule has 3 nitrogen and oxygen atoms in total. The van der Waals surface area contributed by atoms with Gasteiger partial charge in [0.2, 0.25) is 0 Å². The van der Waals surface area contributed by atoms with E-state index in [4.69, 9.17) is 16.5 Å². The molecule has 0 radical (unpaired) electrons. The Morgan fingerprint density at radius 1 is 1.20 bits per heavy atom. The van der Waals surface area contributed by atoms with Crippen molar-refractivity contribution >= 4 is 27.2 Å². The summed E-state index contributed by atoms with van der Waals surface area (Å²) in [7, 11) is 0. The third kappa shape index (κ3) is 40.5. The van der Waals surface area contributed by atoms with Gasteiger partial charge in [-0.05, 0) is 0 Å². The first-order valence-electron chi connectivity index (χ1n) is 0.975. The first kappa shape index (κ1) is 6.10. The summed E-state index contributed by atoms with van der Waals surface area (Å²) in [5.41, 5.74) is 15.1. The Bertz CT molecular complexity index is 22.4. The van der Waals surface area contributed by atoms with Crippen molar-refractivity contribution in [2.45, 2.75) is 0 Å². The SMILES string of the molecule is N[P+](N)(N)[TeH]. The van der Waals surface area contributed by atoms with Gasteiger partial charge in [-0.2, -0.15) is 0 Å². The van der Waals surface area contributed by atoms with E-state index in [-0.39, 0.29) is 0 Å².